The summed E-state index contributed by atoms with van der Waals surface area (Å²) in [6, 6.07) is 16.7. The average molecular weight is 785 g/mol. The molecule has 2 aliphatic carbocycles. The molecule has 3 amide bonds. The number of nitrogens with zero attached hydrogens (tertiary/aromatic N) is 6. The number of aromatic nitrogens is 5. The van der Waals surface area contributed by atoms with Crippen LogP contribution < -0.4 is 21.7 Å². The van der Waals surface area contributed by atoms with Crippen molar-refractivity contribution in [2.75, 3.05) is 37.7 Å². The van der Waals surface area contributed by atoms with E-state index in [1.165, 1.54) is 0 Å². The van der Waals surface area contributed by atoms with Gasteiger partial charge in [0.15, 0.2) is 5.82 Å². The average Bonchev–Trinajstić information content (AvgIpc) is 3.77. The van der Waals surface area contributed by atoms with Crippen molar-refractivity contribution in [2.45, 2.75) is 82.8 Å². The van der Waals surface area contributed by atoms with Crippen molar-refractivity contribution in [3.63, 3.8) is 0 Å². The van der Waals surface area contributed by atoms with Crippen LogP contribution in [0.3, 0.4) is 0 Å². The van der Waals surface area contributed by atoms with Gasteiger partial charge < -0.3 is 21.5 Å². The van der Waals surface area contributed by atoms with Crippen LogP contribution in [-0.2, 0) is 20.7 Å². The third kappa shape index (κ3) is 9.60. The number of amides is 3. The molecule has 3 heterocycles. The SMILES string of the molecule is Cc1cc(C(=O)N[C@H]2CC[C@H](N3CCOCC3)CC2)ncc1-c1ccc(C[C@@H](C(N)=O)N(c2ccc(-c3nnn[nH]3)cc2)C(=O)[C@H]2CC[C@H](CN)CC2)cc1.Cl. The standard InChI is InChI=1S/C41H52N10O4.ClH/c1-26-22-36(40(53)45-32-12-16-33(17-13-32)50-18-20-55-21-19-50)44-25-35(26)29-6-2-27(3-7-29)23-37(38(43)52)51(41(54)31-8-4-28(24-42)5-9-31)34-14-10-30(11-15-34)39-46-48-49-47-39;/h2-3,6-7,10-11,14-15,22,25,28,31-33,37H,4-5,8-9,12-13,16-21,23-24,42H2,1H3,(H2,43,52)(H,45,53)(H,46,47,48,49);1H/t28-,31-,32-,33-,37-;/m0./s1. The topological polar surface area (TPSA) is 198 Å². The molecule has 0 bridgehead atoms. The van der Waals surface area contributed by atoms with E-state index in [0.29, 0.717) is 48.6 Å². The first-order valence-corrected chi connectivity index (χ1v) is 19.6. The summed E-state index contributed by atoms with van der Waals surface area (Å²) < 4.78 is 5.51. The minimum atomic E-state index is -0.918. The quantitative estimate of drug-likeness (QED) is 0.161. The lowest BCUT2D eigenvalue weighted by atomic mass is 9.81. The molecule has 14 nitrogen and oxygen atoms in total. The molecule has 2 aromatic carbocycles. The number of primary amides is 1. The molecule has 2 saturated carbocycles. The predicted molar refractivity (Wildman–Crippen MR) is 216 cm³/mol. The third-order valence-electron chi connectivity index (χ3n) is 11.8. The van der Waals surface area contributed by atoms with Gasteiger partial charge in [-0.2, -0.15) is 0 Å². The molecule has 298 valence electrons. The molecule has 15 heteroatoms. The number of nitrogens with one attached hydrogen (secondary N) is 2. The highest BCUT2D eigenvalue weighted by Gasteiger charge is 2.36. The number of ether oxygens (including phenoxy) is 1. The van der Waals surface area contributed by atoms with Crippen LogP contribution in [0.1, 0.15) is 73.0 Å². The van der Waals surface area contributed by atoms with Gasteiger partial charge in [-0.1, -0.05) is 24.3 Å². The fourth-order valence-electron chi connectivity index (χ4n) is 8.50. The highest BCUT2D eigenvalue weighted by atomic mass is 35.5. The van der Waals surface area contributed by atoms with Crippen molar-refractivity contribution >= 4 is 35.8 Å². The summed E-state index contributed by atoms with van der Waals surface area (Å²) in [4.78, 5) is 49.4. The molecular formula is C41H53ClN10O4. The van der Waals surface area contributed by atoms with Crippen molar-refractivity contribution < 1.29 is 19.1 Å². The fraction of sp³-hybridized carbons (Fsp3) is 0.488. The van der Waals surface area contributed by atoms with E-state index in [4.69, 9.17) is 16.2 Å². The normalized spacial score (nSPS) is 22.0. The second-order valence-electron chi connectivity index (χ2n) is 15.3. The first-order valence-electron chi connectivity index (χ1n) is 19.6. The maximum absolute atomic E-state index is 14.3. The van der Waals surface area contributed by atoms with E-state index in [0.717, 1.165) is 92.6 Å². The van der Waals surface area contributed by atoms with Crippen molar-refractivity contribution in [2.24, 2.45) is 23.3 Å². The number of carbonyl (C=O) groups is 3. The number of benzene rings is 2. The van der Waals surface area contributed by atoms with Crippen LogP contribution in [0.2, 0.25) is 0 Å². The summed E-state index contributed by atoms with van der Waals surface area (Å²) >= 11 is 0. The number of pyridine rings is 1. The molecule has 3 aliphatic rings. The van der Waals surface area contributed by atoms with E-state index in [1.807, 2.05) is 49.4 Å². The largest absolute Gasteiger partial charge is 0.379 e. The highest BCUT2D eigenvalue weighted by molar-refractivity contribution is 6.02. The zero-order chi connectivity index (χ0) is 38.3. The Morgan fingerprint density at radius 2 is 1.62 bits per heavy atom. The van der Waals surface area contributed by atoms with Crippen molar-refractivity contribution in [1.29, 1.82) is 0 Å². The molecular weight excluding hydrogens is 732 g/mol. The van der Waals surface area contributed by atoms with Crippen LogP contribution in [0.4, 0.5) is 5.69 Å². The predicted octanol–water partition coefficient (Wildman–Crippen LogP) is 4.23. The minimum Gasteiger partial charge on any atom is -0.379 e. The Morgan fingerprint density at radius 3 is 2.23 bits per heavy atom. The van der Waals surface area contributed by atoms with Gasteiger partial charge in [0.2, 0.25) is 11.8 Å². The van der Waals surface area contributed by atoms with Crippen LogP contribution in [0.15, 0.2) is 60.8 Å². The molecule has 1 atom stereocenters. The second-order valence-corrected chi connectivity index (χ2v) is 15.3. The summed E-state index contributed by atoms with van der Waals surface area (Å²) in [7, 11) is 0. The van der Waals surface area contributed by atoms with Gasteiger partial charge in [0, 0.05) is 60.5 Å². The van der Waals surface area contributed by atoms with E-state index in [-0.39, 0.29) is 42.6 Å². The van der Waals surface area contributed by atoms with Crippen molar-refractivity contribution in [3.05, 3.63) is 77.6 Å². The fourth-order valence-corrected chi connectivity index (χ4v) is 8.50. The van der Waals surface area contributed by atoms with Gasteiger partial charge in [-0.3, -0.25) is 29.2 Å². The van der Waals surface area contributed by atoms with Gasteiger partial charge in [0.25, 0.3) is 5.91 Å². The van der Waals surface area contributed by atoms with Gasteiger partial charge in [-0.05, 0) is 128 Å². The molecule has 56 heavy (non-hydrogen) atoms. The number of morpholine rings is 1. The van der Waals surface area contributed by atoms with E-state index < -0.39 is 11.9 Å². The zero-order valence-corrected chi connectivity index (χ0v) is 32.8. The third-order valence-corrected chi connectivity index (χ3v) is 11.8. The molecule has 6 N–H and O–H groups in total. The molecule has 1 aliphatic heterocycles. The number of anilines is 1. The Labute approximate surface area is 333 Å². The van der Waals surface area contributed by atoms with E-state index in [2.05, 4.69) is 35.8 Å². The van der Waals surface area contributed by atoms with Gasteiger partial charge in [-0.15, -0.1) is 17.5 Å². The van der Waals surface area contributed by atoms with Gasteiger partial charge >= 0.3 is 0 Å². The zero-order valence-electron chi connectivity index (χ0n) is 31.9. The Balaban J connectivity index is 0.00000532. The maximum Gasteiger partial charge on any atom is 0.270 e. The van der Waals surface area contributed by atoms with Crippen LogP contribution in [-0.4, -0.2) is 99.2 Å². The Hall–Kier alpha value is -4.76. The van der Waals surface area contributed by atoms with Gasteiger partial charge in [-0.25, -0.2) is 5.10 Å². The molecule has 1 saturated heterocycles. The van der Waals surface area contributed by atoms with Crippen molar-refractivity contribution in [3.8, 4) is 22.5 Å². The molecule has 7 rings (SSSR count). The second kappa shape index (κ2) is 18.9. The number of tetrazole rings is 1. The number of rotatable bonds is 12. The van der Waals surface area contributed by atoms with Crippen molar-refractivity contribution in [1.82, 2.24) is 35.8 Å². The molecule has 0 unspecified atom stereocenters. The number of hydrogen-bond acceptors (Lipinski definition) is 10. The lowest BCUT2D eigenvalue weighted by molar-refractivity contribution is -0.127. The minimum absolute atomic E-state index is 0. The Morgan fingerprint density at radius 1 is 0.946 bits per heavy atom. The number of aromatic amines is 1. The summed E-state index contributed by atoms with van der Waals surface area (Å²) in [6.45, 7) is 6.17. The van der Waals surface area contributed by atoms with Crippen LogP contribution in [0.5, 0.6) is 0 Å². The van der Waals surface area contributed by atoms with Gasteiger partial charge in [0.1, 0.15) is 11.7 Å². The summed E-state index contributed by atoms with van der Waals surface area (Å²) in [5, 5.41) is 17.3. The first-order chi connectivity index (χ1) is 26.8. The van der Waals surface area contributed by atoms with Gasteiger partial charge in [0.05, 0.1) is 13.2 Å². The van der Waals surface area contributed by atoms with E-state index >= 15 is 0 Å². The molecule has 3 fully saturated rings. The molecule has 0 radical (unpaired) electrons. The summed E-state index contributed by atoms with van der Waals surface area (Å²) in [6.07, 6.45) is 9.23. The van der Waals surface area contributed by atoms with Crippen LogP contribution in [0, 0.1) is 18.8 Å². The number of hydrogen-bond donors (Lipinski definition) is 4. The van der Waals surface area contributed by atoms with Crippen LogP contribution in [0.25, 0.3) is 22.5 Å². The highest BCUT2D eigenvalue weighted by Crippen LogP contribution is 2.33. The number of nitrogens with two attached hydrogens (primary N) is 2. The number of carbonyl (C=O) groups excluding carboxylic acids is 3. The smallest absolute Gasteiger partial charge is 0.270 e. The molecule has 2 aromatic heterocycles. The molecule has 4 aromatic rings. The number of halogens is 1. The summed E-state index contributed by atoms with van der Waals surface area (Å²) in [5.74, 6) is -0.181. The number of H-pyrrole nitrogens is 1. The summed E-state index contributed by atoms with van der Waals surface area (Å²) in [5.41, 5.74) is 17.4. The maximum atomic E-state index is 14.3. The first kappa shape index (κ1) is 40.9. The van der Waals surface area contributed by atoms with E-state index in [1.54, 1.807) is 23.2 Å². The van der Waals surface area contributed by atoms with E-state index in [9.17, 15) is 14.4 Å². The van der Waals surface area contributed by atoms with Crippen LogP contribution >= 0.6 is 12.4 Å². The number of aryl methyl sites for hydroxylation is 1. The lowest BCUT2D eigenvalue weighted by Gasteiger charge is -2.38. The lowest BCUT2D eigenvalue weighted by Crippen LogP contribution is -2.52. The Bertz CT molecular complexity index is 1910. The Kier molecular flexibility index (Phi) is 13.8. The molecule has 0 spiro atoms. The monoisotopic (exact) mass is 784 g/mol.